The number of ether oxygens (including phenoxy) is 1. The summed E-state index contributed by atoms with van der Waals surface area (Å²) in [6.45, 7) is 4.13. The molecular formula is C35H48N2O10. The zero-order chi connectivity index (χ0) is 34.0. The summed E-state index contributed by atoms with van der Waals surface area (Å²) in [5, 5.41) is 15.1. The quantitative estimate of drug-likeness (QED) is 0.170. The number of amides is 3. The van der Waals surface area contributed by atoms with Gasteiger partial charge in [-0.3, -0.25) is 28.8 Å². The van der Waals surface area contributed by atoms with Gasteiger partial charge in [0.05, 0.1) is 6.42 Å². The fourth-order valence-corrected chi connectivity index (χ4v) is 9.28. The van der Waals surface area contributed by atoms with Crippen molar-refractivity contribution < 1.29 is 48.2 Å². The minimum Gasteiger partial charge on any atom is -0.458 e. The number of carbonyl (C=O) groups excluding carboxylic acids is 7. The summed E-state index contributed by atoms with van der Waals surface area (Å²) in [5.74, 6) is -2.00. The maximum absolute atomic E-state index is 13.4. The van der Waals surface area contributed by atoms with Gasteiger partial charge < -0.3 is 20.0 Å². The van der Waals surface area contributed by atoms with Crippen molar-refractivity contribution in [1.29, 1.82) is 0 Å². The van der Waals surface area contributed by atoms with Crippen LogP contribution in [0.15, 0.2) is 11.6 Å². The number of ketones is 2. The Kier molecular flexibility index (Phi) is 10.4. The zero-order valence-electron chi connectivity index (χ0n) is 27.6. The summed E-state index contributed by atoms with van der Waals surface area (Å²) in [6, 6.07) is 0. The molecule has 3 saturated carbocycles. The normalized spacial score (nSPS) is 33.0. The van der Waals surface area contributed by atoms with Gasteiger partial charge in [0.1, 0.15) is 5.60 Å². The number of nitrogens with one attached hydrogen (secondary N) is 1. The van der Waals surface area contributed by atoms with Crippen LogP contribution < -0.4 is 5.32 Å². The van der Waals surface area contributed by atoms with Crippen LogP contribution in [0.2, 0.25) is 0 Å². The number of rotatable bonds is 13. The SMILES string of the molecule is C[C@]12CCC(=O)C=C1CC[C@H]1[C@H]3CC[C@](O)(C(=O)COC(=O)CCC(=O)NCCCCCC(=O)ON4C(=O)CCC4=O)[C@@]3(C)CC[C@@H]12. The molecule has 12 nitrogen and oxygen atoms in total. The maximum atomic E-state index is 13.4. The number of hydroxylamine groups is 2. The molecule has 12 heteroatoms. The summed E-state index contributed by atoms with van der Waals surface area (Å²) in [7, 11) is 0. The van der Waals surface area contributed by atoms with E-state index >= 15 is 0 Å². The van der Waals surface area contributed by atoms with Crippen molar-refractivity contribution in [3.05, 3.63) is 11.6 Å². The van der Waals surface area contributed by atoms with E-state index in [2.05, 4.69) is 12.2 Å². The van der Waals surface area contributed by atoms with Gasteiger partial charge in [-0.15, -0.1) is 5.06 Å². The third-order valence-corrected chi connectivity index (χ3v) is 12.1. The van der Waals surface area contributed by atoms with Gasteiger partial charge in [-0.05, 0) is 87.0 Å². The number of hydrogen-bond donors (Lipinski definition) is 2. The molecule has 0 bridgehead atoms. The lowest BCUT2D eigenvalue weighted by Crippen LogP contribution is -2.58. The highest BCUT2D eigenvalue weighted by Crippen LogP contribution is 2.67. The van der Waals surface area contributed by atoms with Crippen molar-refractivity contribution in [1.82, 2.24) is 10.4 Å². The molecule has 6 atom stereocenters. The number of esters is 1. The van der Waals surface area contributed by atoms with Gasteiger partial charge >= 0.3 is 11.9 Å². The molecule has 258 valence electrons. The van der Waals surface area contributed by atoms with E-state index in [1.165, 1.54) is 5.57 Å². The highest BCUT2D eigenvalue weighted by atomic mass is 16.7. The molecule has 1 heterocycles. The van der Waals surface area contributed by atoms with Gasteiger partial charge in [-0.25, -0.2) is 4.79 Å². The van der Waals surface area contributed by atoms with Crippen molar-refractivity contribution in [2.75, 3.05) is 13.2 Å². The molecule has 47 heavy (non-hydrogen) atoms. The molecule has 5 rings (SSSR count). The van der Waals surface area contributed by atoms with Crippen LogP contribution in [-0.4, -0.2) is 70.1 Å². The van der Waals surface area contributed by atoms with Gasteiger partial charge in [0.2, 0.25) is 11.7 Å². The third kappa shape index (κ3) is 6.93. The summed E-state index contributed by atoms with van der Waals surface area (Å²) in [4.78, 5) is 89.8. The molecule has 4 aliphatic carbocycles. The molecule has 0 aromatic heterocycles. The Labute approximate surface area is 275 Å². The van der Waals surface area contributed by atoms with Crippen molar-refractivity contribution in [2.45, 2.75) is 122 Å². The minimum atomic E-state index is -1.57. The number of hydrogen-bond acceptors (Lipinski definition) is 10. The summed E-state index contributed by atoms with van der Waals surface area (Å²) >= 11 is 0. The first-order valence-corrected chi connectivity index (χ1v) is 17.3. The number of imide groups is 1. The molecule has 0 aromatic carbocycles. The fourth-order valence-electron chi connectivity index (χ4n) is 9.28. The number of allylic oxidation sites excluding steroid dienone is 1. The largest absolute Gasteiger partial charge is 0.458 e. The summed E-state index contributed by atoms with van der Waals surface area (Å²) in [6.07, 6.45) is 9.29. The lowest BCUT2D eigenvalue weighted by molar-refractivity contribution is -0.197. The van der Waals surface area contributed by atoms with Gasteiger partial charge in [-0.1, -0.05) is 25.8 Å². The van der Waals surface area contributed by atoms with E-state index in [1.807, 2.05) is 13.0 Å². The summed E-state index contributed by atoms with van der Waals surface area (Å²) in [5.41, 5.74) is -0.900. The first kappa shape index (κ1) is 34.9. The van der Waals surface area contributed by atoms with Crippen molar-refractivity contribution in [2.24, 2.45) is 28.6 Å². The molecular weight excluding hydrogens is 608 g/mol. The van der Waals surface area contributed by atoms with E-state index in [-0.39, 0.29) is 55.1 Å². The smallest absolute Gasteiger partial charge is 0.333 e. The molecule has 1 saturated heterocycles. The van der Waals surface area contributed by atoms with Crippen LogP contribution in [0.1, 0.15) is 117 Å². The highest BCUT2D eigenvalue weighted by molar-refractivity contribution is 6.01. The van der Waals surface area contributed by atoms with E-state index in [0.29, 0.717) is 62.0 Å². The standard InChI is InChI=1S/C35H48N2O10/c1-33-16-13-23(38)20-22(33)7-8-24-25(33)14-17-34(2)26(24)15-18-35(34,45)27(39)21-46-31(43)12-9-28(40)36-19-5-3-4-6-32(44)47-37-29(41)10-11-30(37)42/h20,24-26,45H,3-19,21H2,1-2H3,(H,36,40)/t24-,25+,26-,33+,34+,35+/m1/s1. The first-order chi connectivity index (χ1) is 22.3. The van der Waals surface area contributed by atoms with Crippen LogP contribution in [0, 0.1) is 28.6 Å². The molecule has 3 amide bonds. The van der Waals surface area contributed by atoms with Crippen LogP contribution in [0.3, 0.4) is 0 Å². The zero-order valence-corrected chi connectivity index (χ0v) is 27.6. The average Bonchev–Trinajstić information content (AvgIpc) is 3.51. The van der Waals surface area contributed by atoms with Crippen LogP contribution in [0.25, 0.3) is 0 Å². The Hall–Kier alpha value is -3.41. The molecule has 2 N–H and O–H groups in total. The Morgan fingerprint density at radius 1 is 0.851 bits per heavy atom. The van der Waals surface area contributed by atoms with Gasteiger partial charge in [0.25, 0.3) is 11.8 Å². The van der Waals surface area contributed by atoms with Crippen LogP contribution >= 0.6 is 0 Å². The Morgan fingerprint density at radius 2 is 1.57 bits per heavy atom. The second-order valence-corrected chi connectivity index (χ2v) is 14.6. The first-order valence-electron chi connectivity index (χ1n) is 17.3. The lowest BCUT2D eigenvalue weighted by Gasteiger charge is -2.58. The third-order valence-electron chi connectivity index (χ3n) is 12.1. The Morgan fingerprint density at radius 3 is 2.32 bits per heavy atom. The molecule has 0 radical (unpaired) electrons. The van der Waals surface area contributed by atoms with E-state index in [1.54, 1.807) is 0 Å². The molecule has 4 fully saturated rings. The second-order valence-electron chi connectivity index (χ2n) is 14.6. The van der Waals surface area contributed by atoms with Crippen LogP contribution in [0.4, 0.5) is 0 Å². The monoisotopic (exact) mass is 656 g/mol. The Bertz CT molecular complexity index is 1340. The van der Waals surface area contributed by atoms with E-state index in [9.17, 15) is 38.7 Å². The number of fused-ring (bicyclic) bond motifs is 5. The van der Waals surface area contributed by atoms with Gasteiger partial charge in [0.15, 0.2) is 12.4 Å². The van der Waals surface area contributed by atoms with Crippen LogP contribution in [-0.2, 0) is 43.1 Å². The number of nitrogens with zero attached hydrogens (tertiary/aromatic N) is 1. The van der Waals surface area contributed by atoms with Crippen molar-refractivity contribution >= 4 is 41.2 Å². The average molecular weight is 657 g/mol. The topological polar surface area (TPSA) is 173 Å². The Balaban J connectivity index is 0.990. The predicted molar refractivity (Wildman–Crippen MR) is 166 cm³/mol. The molecule has 0 aromatic rings. The number of aliphatic hydroxyl groups is 1. The van der Waals surface area contributed by atoms with Gasteiger partial charge in [-0.2, -0.15) is 0 Å². The maximum Gasteiger partial charge on any atom is 0.333 e. The molecule has 1 aliphatic heterocycles. The second kappa shape index (κ2) is 14.0. The number of Topliss-reactive ketones (excluding diaryl/α,β-unsaturated/α-hetero) is 1. The number of unbranched alkanes of at least 4 members (excludes halogenated alkanes) is 2. The molecule has 0 unspecified atom stereocenters. The molecule has 5 aliphatic rings. The van der Waals surface area contributed by atoms with Gasteiger partial charge in [0, 0.05) is 44.1 Å². The van der Waals surface area contributed by atoms with E-state index in [0.717, 1.165) is 32.1 Å². The lowest BCUT2D eigenvalue weighted by atomic mass is 9.46. The minimum absolute atomic E-state index is 0.000600. The van der Waals surface area contributed by atoms with E-state index in [4.69, 9.17) is 9.57 Å². The van der Waals surface area contributed by atoms with Crippen LogP contribution in [0.5, 0.6) is 0 Å². The fraction of sp³-hybridized carbons (Fsp3) is 0.743. The number of carbonyl (C=O) groups is 7. The van der Waals surface area contributed by atoms with Crippen molar-refractivity contribution in [3.63, 3.8) is 0 Å². The summed E-state index contributed by atoms with van der Waals surface area (Å²) < 4.78 is 5.24. The predicted octanol–water partition coefficient (Wildman–Crippen LogP) is 3.43. The van der Waals surface area contributed by atoms with E-state index < -0.39 is 47.2 Å². The highest BCUT2D eigenvalue weighted by Gasteiger charge is 2.66. The molecule has 0 spiro atoms. The van der Waals surface area contributed by atoms with Crippen molar-refractivity contribution in [3.8, 4) is 0 Å².